The zero-order valence-electron chi connectivity index (χ0n) is 17.9. The van der Waals surface area contributed by atoms with E-state index in [1.54, 1.807) is 39.8 Å². The molecule has 0 atom stereocenters. The fraction of sp³-hybridized carbons (Fsp3) is 0.391. The zero-order valence-corrected chi connectivity index (χ0v) is 17.9. The molecular weight excluding hydrogens is 411 g/mol. The molecule has 0 unspecified atom stereocenters. The Morgan fingerprint density at radius 3 is 2.39 bits per heavy atom. The third-order valence-electron chi connectivity index (χ3n) is 5.11. The van der Waals surface area contributed by atoms with Gasteiger partial charge in [-0.15, -0.1) is 0 Å². The van der Waals surface area contributed by atoms with E-state index in [4.69, 9.17) is 9.47 Å². The van der Waals surface area contributed by atoms with E-state index in [0.29, 0.717) is 12.0 Å². The second-order valence-electron chi connectivity index (χ2n) is 8.33. The van der Waals surface area contributed by atoms with Crippen molar-refractivity contribution in [3.05, 3.63) is 59.0 Å². The quantitative estimate of drug-likeness (QED) is 0.649. The first kappa shape index (κ1) is 22.8. The molecule has 3 rings (SSSR count). The first-order valence-corrected chi connectivity index (χ1v) is 9.79. The zero-order chi connectivity index (χ0) is 23.2. The predicted octanol–water partition coefficient (Wildman–Crippen LogP) is 5.88. The van der Waals surface area contributed by atoms with Gasteiger partial charge in [0.15, 0.2) is 5.78 Å². The number of Topliss-reactive ketones (excluding diaryl/α,β-unsaturated/α-hetero) is 1. The van der Waals surface area contributed by atoms with E-state index in [0.717, 1.165) is 23.9 Å². The summed E-state index contributed by atoms with van der Waals surface area (Å²) in [6, 6.07) is 6.48. The third kappa shape index (κ3) is 4.44. The number of aryl methyl sites for hydroxylation is 1. The van der Waals surface area contributed by atoms with Crippen LogP contribution in [0.5, 0.6) is 11.6 Å². The average Bonchev–Trinajstić information content (AvgIpc) is 2.66. The number of rotatable bonds is 4. The summed E-state index contributed by atoms with van der Waals surface area (Å²) in [5.74, 6) is -0.648. The van der Waals surface area contributed by atoms with Crippen molar-refractivity contribution in [1.82, 2.24) is 4.98 Å². The van der Waals surface area contributed by atoms with Crippen LogP contribution in [0.4, 0.5) is 13.2 Å². The van der Waals surface area contributed by atoms with Crippen molar-refractivity contribution in [1.29, 1.82) is 0 Å². The molecule has 0 aliphatic carbocycles. The van der Waals surface area contributed by atoms with E-state index in [-0.39, 0.29) is 23.0 Å². The number of benzene rings is 1. The van der Waals surface area contributed by atoms with Gasteiger partial charge in [0.05, 0.1) is 11.1 Å². The van der Waals surface area contributed by atoms with E-state index in [1.807, 2.05) is 6.92 Å². The number of hydrogen-bond acceptors (Lipinski definition) is 5. The van der Waals surface area contributed by atoms with Gasteiger partial charge in [0.2, 0.25) is 5.88 Å². The van der Waals surface area contributed by atoms with Crippen LogP contribution in [-0.4, -0.2) is 27.1 Å². The SMILES string of the molecule is CCc1ccc(Oc2cc(C(F)(F)F)ccn2)cc1C1=C(O)C(C)(C)OC(C)(C)C1=O. The van der Waals surface area contributed by atoms with Crippen LogP contribution in [-0.2, 0) is 22.1 Å². The predicted molar refractivity (Wildman–Crippen MR) is 109 cm³/mol. The van der Waals surface area contributed by atoms with Gasteiger partial charge in [-0.25, -0.2) is 4.98 Å². The fourth-order valence-corrected chi connectivity index (χ4v) is 3.61. The van der Waals surface area contributed by atoms with Crippen molar-refractivity contribution < 1.29 is 32.5 Å². The number of aliphatic hydroxyl groups is 1. The minimum Gasteiger partial charge on any atom is -0.508 e. The summed E-state index contributed by atoms with van der Waals surface area (Å²) >= 11 is 0. The number of nitrogens with zero attached hydrogens (tertiary/aromatic N) is 1. The van der Waals surface area contributed by atoms with Crippen LogP contribution in [0, 0.1) is 0 Å². The van der Waals surface area contributed by atoms with Gasteiger partial charge in [-0.1, -0.05) is 13.0 Å². The second kappa shape index (κ2) is 7.67. The maximum atomic E-state index is 13.1. The summed E-state index contributed by atoms with van der Waals surface area (Å²) in [7, 11) is 0. The molecule has 1 aromatic heterocycles. The molecule has 1 aromatic carbocycles. The van der Waals surface area contributed by atoms with Crippen LogP contribution >= 0.6 is 0 Å². The number of halogens is 3. The van der Waals surface area contributed by atoms with Crippen LogP contribution in [0.2, 0.25) is 0 Å². The molecule has 1 aliphatic heterocycles. The van der Waals surface area contributed by atoms with E-state index >= 15 is 0 Å². The number of aliphatic hydroxyl groups excluding tert-OH is 1. The molecule has 2 aromatic rings. The van der Waals surface area contributed by atoms with E-state index in [1.165, 1.54) is 6.07 Å². The number of ketones is 1. The highest BCUT2D eigenvalue weighted by Gasteiger charge is 2.47. The third-order valence-corrected chi connectivity index (χ3v) is 5.11. The van der Waals surface area contributed by atoms with Gasteiger partial charge in [0.1, 0.15) is 22.7 Å². The monoisotopic (exact) mass is 435 g/mol. The average molecular weight is 435 g/mol. The first-order chi connectivity index (χ1) is 14.3. The van der Waals surface area contributed by atoms with Crippen LogP contribution in [0.3, 0.4) is 0 Å². The smallest absolute Gasteiger partial charge is 0.416 e. The van der Waals surface area contributed by atoms with Crippen LogP contribution in [0.1, 0.15) is 51.3 Å². The molecule has 0 bridgehead atoms. The Balaban J connectivity index is 2.09. The van der Waals surface area contributed by atoms with Gasteiger partial charge in [-0.2, -0.15) is 13.2 Å². The molecule has 2 heterocycles. The Labute approximate surface area is 178 Å². The molecule has 0 fully saturated rings. The topological polar surface area (TPSA) is 68.7 Å². The number of pyridine rings is 1. The van der Waals surface area contributed by atoms with E-state index in [9.17, 15) is 23.1 Å². The Morgan fingerprint density at radius 1 is 1.10 bits per heavy atom. The molecule has 166 valence electrons. The Kier molecular flexibility index (Phi) is 5.65. The summed E-state index contributed by atoms with van der Waals surface area (Å²) < 4.78 is 50.3. The molecule has 8 heteroatoms. The number of carbonyl (C=O) groups excluding carboxylic acids is 1. The van der Waals surface area contributed by atoms with Crippen LogP contribution < -0.4 is 4.74 Å². The van der Waals surface area contributed by atoms with Crippen molar-refractivity contribution >= 4 is 11.4 Å². The van der Waals surface area contributed by atoms with Crippen LogP contribution in [0.25, 0.3) is 5.57 Å². The maximum absolute atomic E-state index is 13.1. The number of hydrogen-bond donors (Lipinski definition) is 1. The van der Waals surface area contributed by atoms with Crippen molar-refractivity contribution in [2.45, 2.75) is 58.4 Å². The Morgan fingerprint density at radius 2 is 1.77 bits per heavy atom. The van der Waals surface area contributed by atoms with Gasteiger partial charge >= 0.3 is 6.18 Å². The maximum Gasteiger partial charge on any atom is 0.416 e. The summed E-state index contributed by atoms with van der Waals surface area (Å²) in [5.41, 5.74) is -1.83. The number of alkyl halides is 3. The number of aromatic nitrogens is 1. The summed E-state index contributed by atoms with van der Waals surface area (Å²) in [5, 5.41) is 10.8. The minimum absolute atomic E-state index is 0.112. The summed E-state index contributed by atoms with van der Waals surface area (Å²) in [4.78, 5) is 17.0. The van der Waals surface area contributed by atoms with Crippen molar-refractivity contribution in [2.75, 3.05) is 0 Å². The van der Waals surface area contributed by atoms with Gasteiger partial charge in [0, 0.05) is 12.3 Å². The minimum atomic E-state index is -4.53. The lowest BCUT2D eigenvalue weighted by atomic mass is 9.81. The largest absolute Gasteiger partial charge is 0.508 e. The van der Waals surface area contributed by atoms with Gasteiger partial charge in [-0.3, -0.25) is 4.79 Å². The summed E-state index contributed by atoms with van der Waals surface area (Å²) in [6.07, 6.45) is -2.95. The van der Waals surface area contributed by atoms with E-state index in [2.05, 4.69) is 4.98 Å². The van der Waals surface area contributed by atoms with Crippen molar-refractivity contribution in [2.24, 2.45) is 0 Å². The normalized spacial score (nSPS) is 18.3. The first-order valence-electron chi connectivity index (χ1n) is 9.79. The molecule has 0 amide bonds. The van der Waals surface area contributed by atoms with E-state index < -0.39 is 28.7 Å². The molecule has 31 heavy (non-hydrogen) atoms. The molecule has 0 radical (unpaired) electrons. The van der Waals surface area contributed by atoms with Crippen molar-refractivity contribution in [3.63, 3.8) is 0 Å². The second-order valence-corrected chi connectivity index (χ2v) is 8.33. The summed E-state index contributed by atoms with van der Waals surface area (Å²) in [6.45, 7) is 8.47. The molecule has 0 saturated heterocycles. The number of ether oxygens (including phenoxy) is 2. The molecule has 0 saturated carbocycles. The number of carbonyl (C=O) groups is 1. The Bertz CT molecular complexity index is 1060. The lowest BCUT2D eigenvalue weighted by molar-refractivity contribution is -0.158. The Hall–Kier alpha value is -2.87. The fourth-order valence-electron chi connectivity index (χ4n) is 3.61. The highest BCUT2D eigenvalue weighted by atomic mass is 19.4. The highest BCUT2D eigenvalue weighted by Crippen LogP contribution is 2.42. The van der Waals surface area contributed by atoms with Crippen molar-refractivity contribution in [3.8, 4) is 11.6 Å². The highest BCUT2D eigenvalue weighted by molar-refractivity contribution is 6.26. The molecule has 1 aliphatic rings. The molecular formula is C23H24F3NO4. The molecule has 5 nitrogen and oxygen atoms in total. The standard InChI is InChI=1S/C23H24F3NO4/c1-6-13-7-8-15(30-17-11-14(9-10-27-17)23(24,25)26)12-16(13)18-19(28)21(2,3)31-22(4,5)20(18)29/h7-12,28H,6H2,1-5H3. The lowest BCUT2D eigenvalue weighted by Gasteiger charge is -2.40. The molecule has 0 spiro atoms. The molecule has 1 N–H and O–H groups in total. The lowest BCUT2D eigenvalue weighted by Crippen LogP contribution is -2.49. The van der Waals surface area contributed by atoms with Gasteiger partial charge < -0.3 is 14.6 Å². The van der Waals surface area contributed by atoms with Crippen LogP contribution in [0.15, 0.2) is 42.3 Å². The van der Waals surface area contributed by atoms with Gasteiger partial charge in [-0.05, 0) is 63.4 Å². The van der Waals surface area contributed by atoms with Gasteiger partial charge in [0.25, 0.3) is 0 Å².